The number of hydrogen-bond acceptors (Lipinski definition) is 4. The van der Waals surface area contributed by atoms with Crippen molar-refractivity contribution in [3.05, 3.63) is 74.3 Å². The van der Waals surface area contributed by atoms with Crippen LogP contribution in [-0.2, 0) is 6.18 Å². The molecule has 0 atom stereocenters. The molecule has 11 heteroatoms. The second-order valence-electron chi connectivity index (χ2n) is 5.38. The highest BCUT2D eigenvalue weighted by Crippen LogP contribution is 2.37. The predicted octanol–water partition coefficient (Wildman–Crippen LogP) is 5.54. The summed E-state index contributed by atoms with van der Waals surface area (Å²) >= 11 is 11.4. The first-order chi connectivity index (χ1) is 13.0. The smallest absolute Gasteiger partial charge is 0.416 e. The Hall–Kier alpha value is -2.78. The number of rotatable bonds is 6. The molecule has 0 unspecified atom stereocenters. The van der Waals surface area contributed by atoms with Gasteiger partial charge in [0.2, 0.25) is 0 Å². The number of hydrogen-bond donors (Lipinski definition) is 1. The minimum absolute atomic E-state index is 0.0397. The molecule has 0 aliphatic rings. The van der Waals surface area contributed by atoms with Crippen molar-refractivity contribution in [1.82, 2.24) is 5.32 Å². The third kappa shape index (κ3) is 5.37. The van der Waals surface area contributed by atoms with Gasteiger partial charge in [0.1, 0.15) is 17.1 Å². The lowest BCUT2D eigenvalue weighted by Gasteiger charge is -2.12. The molecule has 0 saturated heterocycles. The van der Waals surface area contributed by atoms with Crippen molar-refractivity contribution < 1.29 is 27.6 Å². The van der Waals surface area contributed by atoms with Crippen LogP contribution in [0.25, 0.3) is 0 Å². The number of nitro groups is 1. The van der Waals surface area contributed by atoms with Gasteiger partial charge in [-0.15, -0.1) is 0 Å². The Balaban J connectivity index is 2.34. The van der Waals surface area contributed by atoms with Crippen LogP contribution < -0.4 is 10.1 Å². The Bertz CT molecular complexity index is 948. The average Bonchev–Trinajstić information content (AvgIpc) is 2.60. The Labute approximate surface area is 166 Å². The zero-order chi connectivity index (χ0) is 21.1. The van der Waals surface area contributed by atoms with Gasteiger partial charge in [-0.2, -0.15) is 13.2 Å². The van der Waals surface area contributed by atoms with Crippen molar-refractivity contribution in [2.24, 2.45) is 0 Å². The van der Waals surface area contributed by atoms with E-state index in [2.05, 4.69) is 11.9 Å². The van der Waals surface area contributed by atoms with Crippen LogP contribution in [0.1, 0.15) is 15.9 Å². The second-order valence-corrected chi connectivity index (χ2v) is 6.32. The van der Waals surface area contributed by atoms with Crippen molar-refractivity contribution in [2.75, 3.05) is 6.54 Å². The average molecular weight is 435 g/mol. The summed E-state index contributed by atoms with van der Waals surface area (Å²) in [4.78, 5) is 22.5. The molecule has 1 amide bonds. The highest BCUT2D eigenvalue weighted by atomic mass is 35.5. The molecule has 1 N–H and O–H groups in total. The fourth-order valence-electron chi connectivity index (χ4n) is 2.08. The molecule has 0 aliphatic heterocycles. The molecular weight excluding hydrogens is 424 g/mol. The largest absolute Gasteiger partial charge is 0.456 e. The minimum Gasteiger partial charge on any atom is -0.456 e. The maximum Gasteiger partial charge on any atom is 0.416 e. The van der Waals surface area contributed by atoms with Crippen molar-refractivity contribution >= 4 is 34.8 Å². The van der Waals surface area contributed by atoms with Crippen molar-refractivity contribution in [3.63, 3.8) is 0 Å². The van der Waals surface area contributed by atoms with Gasteiger partial charge in [-0.05, 0) is 24.3 Å². The Morgan fingerprint density at radius 1 is 1.25 bits per heavy atom. The topological polar surface area (TPSA) is 81.5 Å². The van der Waals surface area contributed by atoms with Gasteiger partial charge in [0.05, 0.1) is 22.1 Å². The lowest BCUT2D eigenvalue weighted by Crippen LogP contribution is -2.25. The third-order valence-corrected chi connectivity index (χ3v) is 3.77. The van der Waals surface area contributed by atoms with Gasteiger partial charge in [0.25, 0.3) is 11.6 Å². The monoisotopic (exact) mass is 434 g/mol. The summed E-state index contributed by atoms with van der Waals surface area (Å²) in [6, 6.07) is 5.73. The molecule has 0 fully saturated rings. The normalized spacial score (nSPS) is 11.0. The molecule has 0 aromatic heterocycles. The van der Waals surface area contributed by atoms with Crippen molar-refractivity contribution in [2.45, 2.75) is 6.18 Å². The molecule has 28 heavy (non-hydrogen) atoms. The van der Waals surface area contributed by atoms with Gasteiger partial charge in [-0.25, -0.2) is 0 Å². The van der Waals surface area contributed by atoms with E-state index in [4.69, 9.17) is 27.9 Å². The summed E-state index contributed by atoms with van der Waals surface area (Å²) in [5.41, 5.74) is -1.79. The number of nitro benzene ring substituents is 1. The number of ether oxygens (including phenoxy) is 1. The first kappa shape index (κ1) is 21.5. The quantitative estimate of drug-likeness (QED) is 0.477. The molecule has 0 radical (unpaired) electrons. The molecule has 0 bridgehead atoms. The van der Waals surface area contributed by atoms with E-state index in [0.29, 0.717) is 6.07 Å². The van der Waals surface area contributed by atoms with Crippen LogP contribution in [0.4, 0.5) is 18.9 Å². The van der Waals surface area contributed by atoms with Crippen LogP contribution in [0.5, 0.6) is 11.5 Å². The summed E-state index contributed by atoms with van der Waals surface area (Å²) in [5, 5.41) is 13.3. The summed E-state index contributed by atoms with van der Waals surface area (Å²) in [7, 11) is 0. The molecular formula is C17H11Cl2F3N2O4. The number of benzene rings is 2. The molecule has 0 aliphatic carbocycles. The lowest BCUT2D eigenvalue weighted by atomic mass is 10.1. The Morgan fingerprint density at radius 2 is 1.93 bits per heavy atom. The fraction of sp³-hybridized carbons (Fsp3) is 0.118. The van der Waals surface area contributed by atoms with E-state index in [0.717, 1.165) is 24.3 Å². The zero-order valence-corrected chi connectivity index (χ0v) is 15.4. The number of amides is 1. The van der Waals surface area contributed by atoms with E-state index < -0.39 is 28.3 Å². The van der Waals surface area contributed by atoms with Crippen LogP contribution in [0.3, 0.4) is 0 Å². The molecule has 148 valence electrons. The highest BCUT2D eigenvalue weighted by Gasteiger charge is 2.31. The van der Waals surface area contributed by atoms with Gasteiger partial charge < -0.3 is 10.1 Å². The van der Waals surface area contributed by atoms with E-state index in [1.54, 1.807) is 0 Å². The van der Waals surface area contributed by atoms with Crippen LogP contribution in [-0.4, -0.2) is 17.4 Å². The molecule has 0 spiro atoms. The number of nitrogens with zero attached hydrogens (tertiary/aromatic N) is 1. The SMILES string of the molecule is C=C(Cl)CNC(=O)c1cc(Oc2ccc(C(F)(F)F)cc2Cl)ccc1[N+](=O)[O-]. The molecule has 2 aromatic carbocycles. The first-order valence-corrected chi connectivity index (χ1v) is 8.19. The Morgan fingerprint density at radius 3 is 2.46 bits per heavy atom. The molecule has 0 heterocycles. The molecule has 0 saturated carbocycles. The Kier molecular flexibility index (Phi) is 6.52. The molecule has 2 aromatic rings. The van der Waals surface area contributed by atoms with E-state index in [1.807, 2.05) is 0 Å². The van der Waals surface area contributed by atoms with Crippen molar-refractivity contribution in [1.29, 1.82) is 0 Å². The highest BCUT2D eigenvalue weighted by molar-refractivity contribution is 6.32. The second kappa shape index (κ2) is 8.49. The lowest BCUT2D eigenvalue weighted by molar-refractivity contribution is -0.385. The summed E-state index contributed by atoms with van der Waals surface area (Å²) in [5.74, 6) is -0.969. The maximum absolute atomic E-state index is 12.7. The van der Waals surface area contributed by atoms with Crippen LogP contribution >= 0.6 is 23.2 Å². The number of carbonyl (C=O) groups is 1. The third-order valence-electron chi connectivity index (χ3n) is 3.34. The van der Waals surface area contributed by atoms with Gasteiger partial charge in [0.15, 0.2) is 0 Å². The standard InChI is InChI=1S/C17H11Cl2F3N2O4/c1-9(18)8-23-16(25)12-7-11(3-4-14(12)24(26)27)28-15-5-2-10(6-13(15)19)17(20,21)22/h2-7H,1,8H2,(H,23,25). The van der Waals surface area contributed by atoms with E-state index in [9.17, 15) is 28.1 Å². The van der Waals surface area contributed by atoms with Gasteiger partial charge in [-0.1, -0.05) is 29.8 Å². The van der Waals surface area contributed by atoms with Gasteiger partial charge >= 0.3 is 6.18 Å². The number of halogens is 5. The number of alkyl halides is 3. The van der Waals surface area contributed by atoms with Crippen LogP contribution in [0.2, 0.25) is 5.02 Å². The minimum atomic E-state index is -4.58. The fourth-order valence-corrected chi connectivity index (χ4v) is 2.36. The molecule has 6 nitrogen and oxygen atoms in total. The van der Waals surface area contributed by atoms with E-state index in [1.165, 1.54) is 6.07 Å². The first-order valence-electron chi connectivity index (χ1n) is 7.43. The van der Waals surface area contributed by atoms with Gasteiger partial charge in [0, 0.05) is 17.2 Å². The number of nitrogens with one attached hydrogen (secondary N) is 1. The predicted molar refractivity (Wildman–Crippen MR) is 97.0 cm³/mol. The molecule has 2 rings (SSSR count). The number of carbonyl (C=O) groups excluding carboxylic acids is 1. The summed E-state index contributed by atoms with van der Waals surface area (Å²) in [6.45, 7) is 3.27. The van der Waals surface area contributed by atoms with Crippen LogP contribution in [0, 0.1) is 10.1 Å². The van der Waals surface area contributed by atoms with E-state index in [-0.39, 0.29) is 33.7 Å². The zero-order valence-electron chi connectivity index (χ0n) is 13.8. The van der Waals surface area contributed by atoms with Gasteiger partial charge in [-0.3, -0.25) is 14.9 Å². The van der Waals surface area contributed by atoms with Crippen LogP contribution in [0.15, 0.2) is 48.0 Å². The van der Waals surface area contributed by atoms with E-state index >= 15 is 0 Å². The maximum atomic E-state index is 12.7. The summed E-state index contributed by atoms with van der Waals surface area (Å²) < 4.78 is 43.5. The summed E-state index contributed by atoms with van der Waals surface area (Å²) in [6.07, 6.45) is -4.58. The van der Waals surface area contributed by atoms with Crippen molar-refractivity contribution in [3.8, 4) is 11.5 Å².